The molecule has 30 heavy (non-hydrogen) atoms. The highest BCUT2D eigenvalue weighted by Crippen LogP contribution is 2.27. The number of rotatable bonds is 7. The average Bonchev–Trinajstić information content (AvgIpc) is 2.99. The number of aryl methyl sites for hydroxylation is 1. The number of hydrazone groups is 1. The van der Waals surface area contributed by atoms with E-state index in [0.717, 1.165) is 28.2 Å². The summed E-state index contributed by atoms with van der Waals surface area (Å²) in [5.41, 5.74) is 7.41. The van der Waals surface area contributed by atoms with Crippen LogP contribution in [-0.2, 0) is 10.5 Å². The Morgan fingerprint density at radius 2 is 1.83 bits per heavy atom. The lowest BCUT2D eigenvalue weighted by Crippen LogP contribution is -2.19. The predicted molar refractivity (Wildman–Crippen MR) is 129 cm³/mol. The van der Waals surface area contributed by atoms with E-state index in [1.54, 1.807) is 12.3 Å². The molecule has 0 unspecified atom stereocenters. The van der Waals surface area contributed by atoms with Crippen LogP contribution in [0.4, 0.5) is 0 Å². The number of carbonyl (C=O) groups is 1. The van der Waals surface area contributed by atoms with E-state index in [1.165, 1.54) is 11.8 Å². The summed E-state index contributed by atoms with van der Waals surface area (Å²) in [4.78, 5) is 12.0. The number of hydrogen-bond acceptors (Lipinski definition) is 3. The fourth-order valence-electron chi connectivity index (χ4n) is 3.01. The van der Waals surface area contributed by atoms with E-state index < -0.39 is 0 Å². The van der Waals surface area contributed by atoms with E-state index in [1.807, 2.05) is 56.3 Å². The first-order chi connectivity index (χ1) is 14.4. The normalized spacial score (nSPS) is 11.2. The molecule has 0 fully saturated rings. The summed E-state index contributed by atoms with van der Waals surface area (Å²) in [5, 5.41) is 5.82. The van der Waals surface area contributed by atoms with Gasteiger partial charge in [0, 0.05) is 33.4 Å². The summed E-state index contributed by atoms with van der Waals surface area (Å²) in [7, 11) is 0. The third-order valence-electron chi connectivity index (χ3n) is 4.47. The first-order valence-electron chi connectivity index (χ1n) is 9.14. The Kier molecular flexibility index (Phi) is 7.89. The van der Waals surface area contributed by atoms with Crippen LogP contribution in [0.1, 0.15) is 22.5 Å². The lowest BCUT2D eigenvalue weighted by molar-refractivity contribution is -0.118. The fraction of sp³-hybridized carbons (Fsp3) is 0.182. The first kappa shape index (κ1) is 22.8. The molecule has 0 spiro atoms. The van der Waals surface area contributed by atoms with Crippen LogP contribution in [0.15, 0.2) is 53.6 Å². The number of amides is 1. The van der Waals surface area contributed by atoms with E-state index in [9.17, 15) is 4.79 Å². The minimum absolute atomic E-state index is 0.165. The number of aromatic nitrogens is 1. The van der Waals surface area contributed by atoms with Crippen molar-refractivity contribution in [3.63, 3.8) is 0 Å². The Balaban J connectivity index is 1.59. The molecular weight excluding hydrogens is 461 g/mol. The Morgan fingerprint density at radius 1 is 1.07 bits per heavy atom. The molecule has 156 valence electrons. The van der Waals surface area contributed by atoms with Crippen LogP contribution in [0.3, 0.4) is 0 Å². The number of thioether (sulfide) groups is 1. The first-order valence-corrected chi connectivity index (χ1v) is 11.4. The second kappa shape index (κ2) is 10.4. The molecule has 0 atom stereocenters. The lowest BCUT2D eigenvalue weighted by Gasteiger charge is -2.10. The summed E-state index contributed by atoms with van der Waals surface area (Å²) < 4.78 is 2.06. The zero-order valence-corrected chi connectivity index (χ0v) is 19.5. The molecule has 0 aliphatic rings. The summed E-state index contributed by atoms with van der Waals surface area (Å²) >= 11 is 19.8. The number of nitrogens with zero attached hydrogens (tertiary/aromatic N) is 2. The van der Waals surface area contributed by atoms with E-state index in [2.05, 4.69) is 15.1 Å². The highest BCUT2D eigenvalue weighted by Gasteiger charge is 2.11. The number of nitrogens with one attached hydrogen (secondary N) is 1. The molecule has 1 N–H and O–H groups in total. The highest BCUT2D eigenvalue weighted by molar-refractivity contribution is 7.99. The van der Waals surface area contributed by atoms with Crippen molar-refractivity contribution in [3.05, 3.63) is 86.1 Å². The summed E-state index contributed by atoms with van der Waals surface area (Å²) in [6, 6.07) is 15.1. The average molecular weight is 481 g/mol. The van der Waals surface area contributed by atoms with Crippen molar-refractivity contribution in [2.24, 2.45) is 5.10 Å². The Bertz CT molecular complexity index is 1100. The van der Waals surface area contributed by atoms with Crippen molar-refractivity contribution < 1.29 is 4.79 Å². The maximum absolute atomic E-state index is 12.0. The second-order valence-electron chi connectivity index (χ2n) is 6.64. The predicted octanol–water partition coefficient (Wildman–Crippen LogP) is 6.44. The zero-order chi connectivity index (χ0) is 21.7. The van der Waals surface area contributed by atoms with Gasteiger partial charge >= 0.3 is 0 Å². The van der Waals surface area contributed by atoms with Crippen molar-refractivity contribution in [2.75, 3.05) is 5.75 Å². The molecule has 8 heteroatoms. The van der Waals surface area contributed by atoms with Crippen LogP contribution in [0, 0.1) is 13.8 Å². The molecule has 1 amide bonds. The molecule has 0 aliphatic carbocycles. The zero-order valence-electron chi connectivity index (χ0n) is 16.5. The third-order valence-corrected chi connectivity index (χ3v) is 6.56. The van der Waals surface area contributed by atoms with Gasteiger partial charge < -0.3 is 4.57 Å². The van der Waals surface area contributed by atoms with Crippen molar-refractivity contribution in [1.82, 2.24) is 9.99 Å². The third kappa shape index (κ3) is 5.61. The van der Waals surface area contributed by atoms with E-state index in [0.29, 0.717) is 26.6 Å². The van der Waals surface area contributed by atoms with Gasteiger partial charge in [0.2, 0.25) is 5.91 Å². The molecule has 2 aromatic carbocycles. The summed E-state index contributed by atoms with van der Waals surface area (Å²) in [5.74, 6) is 0.800. The Hall–Kier alpha value is -1.92. The largest absolute Gasteiger partial charge is 0.318 e. The van der Waals surface area contributed by atoms with Gasteiger partial charge in [0.15, 0.2) is 0 Å². The SMILES string of the molecule is Cc1cc(/C=N/NC(=O)CSCc2ccccc2Cl)c(C)n1-c1ccc(Cl)c(Cl)c1. The number of hydrogen-bond donors (Lipinski definition) is 1. The number of benzene rings is 2. The lowest BCUT2D eigenvalue weighted by atomic mass is 10.2. The second-order valence-corrected chi connectivity index (χ2v) is 8.84. The van der Waals surface area contributed by atoms with Crippen molar-refractivity contribution in [3.8, 4) is 5.69 Å². The maximum Gasteiger partial charge on any atom is 0.250 e. The van der Waals surface area contributed by atoms with Crippen LogP contribution in [0.25, 0.3) is 5.69 Å². The van der Waals surface area contributed by atoms with Crippen molar-refractivity contribution in [2.45, 2.75) is 19.6 Å². The van der Waals surface area contributed by atoms with Gasteiger partial charge in [-0.1, -0.05) is 53.0 Å². The molecule has 4 nitrogen and oxygen atoms in total. The maximum atomic E-state index is 12.0. The van der Waals surface area contributed by atoms with Crippen LogP contribution in [0.5, 0.6) is 0 Å². The molecule has 0 radical (unpaired) electrons. The van der Waals surface area contributed by atoms with Gasteiger partial charge in [-0.2, -0.15) is 5.10 Å². The molecule has 1 aromatic heterocycles. The smallest absolute Gasteiger partial charge is 0.250 e. The van der Waals surface area contributed by atoms with Crippen molar-refractivity contribution >= 4 is 58.7 Å². The molecule has 3 aromatic rings. The van der Waals surface area contributed by atoms with Crippen LogP contribution in [-0.4, -0.2) is 22.4 Å². The van der Waals surface area contributed by atoms with Gasteiger partial charge in [-0.3, -0.25) is 4.79 Å². The topological polar surface area (TPSA) is 46.4 Å². The molecule has 0 saturated heterocycles. The standard InChI is InChI=1S/C22H20Cl3N3OS/c1-14-9-17(15(2)28(14)18-7-8-20(24)21(25)10-18)11-26-27-22(29)13-30-12-16-5-3-4-6-19(16)23/h3-11H,12-13H2,1-2H3,(H,27,29)/b26-11+. The van der Waals surface area contributed by atoms with Gasteiger partial charge in [0.05, 0.1) is 22.0 Å². The minimum Gasteiger partial charge on any atom is -0.318 e. The molecule has 1 heterocycles. The van der Waals surface area contributed by atoms with Gasteiger partial charge in [0.1, 0.15) is 0 Å². The molecule has 3 rings (SSSR count). The van der Waals surface area contributed by atoms with E-state index in [4.69, 9.17) is 34.8 Å². The summed E-state index contributed by atoms with van der Waals surface area (Å²) in [6.45, 7) is 3.98. The van der Waals surface area contributed by atoms with Gasteiger partial charge in [0.25, 0.3) is 0 Å². The fourth-order valence-corrected chi connectivity index (χ4v) is 4.41. The minimum atomic E-state index is -0.165. The molecule has 0 saturated carbocycles. The Morgan fingerprint density at radius 3 is 2.57 bits per heavy atom. The van der Waals surface area contributed by atoms with Gasteiger partial charge in [-0.05, 0) is 49.7 Å². The van der Waals surface area contributed by atoms with Gasteiger partial charge in [-0.15, -0.1) is 11.8 Å². The molecule has 0 aliphatic heterocycles. The van der Waals surface area contributed by atoms with Crippen LogP contribution < -0.4 is 5.43 Å². The van der Waals surface area contributed by atoms with Gasteiger partial charge in [-0.25, -0.2) is 5.43 Å². The van der Waals surface area contributed by atoms with Crippen LogP contribution in [0.2, 0.25) is 15.1 Å². The monoisotopic (exact) mass is 479 g/mol. The van der Waals surface area contributed by atoms with Crippen LogP contribution >= 0.6 is 46.6 Å². The Labute approximate surface area is 195 Å². The summed E-state index contributed by atoms with van der Waals surface area (Å²) in [6.07, 6.45) is 1.65. The highest BCUT2D eigenvalue weighted by atomic mass is 35.5. The van der Waals surface area contributed by atoms with E-state index in [-0.39, 0.29) is 5.91 Å². The molecule has 0 bridgehead atoms. The number of carbonyl (C=O) groups excluding carboxylic acids is 1. The van der Waals surface area contributed by atoms with E-state index >= 15 is 0 Å². The number of halogens is 3. The van der Waals surface area contributed by atoms with Crippen molar-refractivity contribution in [1.29, 1.82) is 0 Å². The quantitative estimate of drug-likeness (QED) is 0.312. The molecular formula is C22H20Cl3N3OS.